The number of aliphatic hydroxyl groups excluding tert-OH is 1. The molecule has 1 heterocycles. The minimum atomic E-state index is -0.173. The van der Waals surface area contributed by atoms with Crippen LogP contribution < -0.4 is 5.73 Å². The molecule has 0 aromatic rings. The highest BCUT2D eigenvalue weighted by Gasteiger charge is 2.31. The molecule has 3 N–H and O–H groups in total. The maximum absolute atomic E-state index is 9.53. The van der Waals surface area contributed by atoms with Crippen molar-refractivity contribution in [1.29, 1.82) is 0 Å². The summed E-state index contributed by atoms with van der Waals surface area (Å²) in [4.78, 5) is 2.43. The first-order chi connectivity index (χ1) is 6.83. The molecule has 90 valence electrons. The molecule has 0 bridgehead atoms. The van der Waals surface area contributed by atoms with Crippen LogP contribution in [0.15, 0.2) is 0 Å². The molecule has 1 aliphatic heterocycles. The third-order valence-corrected chi connectivity index (χ3v) is 3.85. The molecule has 0 spiro atoms. The standard InChI is InChI=1S/C12H26N2O/c1-9(15)11-5-6-14(7-11)8-12(3,4)10(2)13/h9-11,15H,5-8,13H2,1-4H3. The Morgan fingerprint density at radius 3 is 2.47 bits per heavy atom. The molecular weight excluding hydrogens is 188 g/mol. The highest BCUT2D eigenvalue weighted by Crippen LogP contribution is 2.26. The Bertz CT molecular complexity index is 202. The van der Waals surface area contributed by atoms with Crippen LogP contribution in [0.3, 0.4) is 0 Å². The van der Waals surface area contributed by atoms with Crippen molar-refractivity contribution in [3.63, 3.8) is 0 Å². The van der Waals surface area contributed by atoms with E-state index < -0.39 is 0 Å². The Morgan fingerprint density at radius 2 is 2.07 bits per heavy atom. The average molecular weight is 214 g/mol. The molecule has 1 saturated heterocycles. The Morgan fingerprint density at radius 1 is 1.47 bits per heavy atom. The summed E-state index contributed by atoms with van der Waals surface area (Å²) < 4.78 is 0. The maximum Gasteiger partial charge on any atom is 0.0552 e. The molecule has 1 aliphatic rings. The summed E-state index contributed by atoms with van der Waals surface area (Å²) in [6, 6.07) is 0.211. The summed E-state index contributed by atoms with van der Waals surface area (Å²) in [5, 5.41) is 9.53. The number of hydrogen-bond acceptors (Lipinski definition) is 3. The second kappa shape index (κ2) is 4.81. The third kappa shape index (κ3) is 3.44. The maximum atomic E-state index is 9.53. The molecule has 0 amide bonds. The Labute approximate surface area is 93.6 Å². The molecule has 0 aliphatic carbocycles. The van der Waals surface area contributed by atoms with Crippen LogP contribution in [0, 0.1) is 11.3 Å². The quantitative estimate of drug-likeness (QED) is 0.736. The van der Waals surface area contributed by atoms with Crippen molar-refractivity contribution in [3.8, 4) is 0 Å². The fraction of sp³-hybridized carbons (Fsp3) is 1.00. The van der Waals surface area contributed by atoms with E-state index in [1.54, 1.807) is 0 Å². The molecule has 3 atom stereocenters. The summed E-state index contributed by atoms with van der Waals surface area (Å²) >= 11 is 0. The lowest BCUT2D eigenvalue weighted by molar-refractivity contribution is 0.118. The van der Waals surface area contributed by atoms with Gasteiger partial charge in [-0.3, -0.25) is 0 Å². The van der Waals surface area contributed by atoms with Gasteiger partial charge in [0.1, 0.15) is 0 Å². The summed E-state index contributed by atoms with van der Waals surface area (Å²) in [7, 11) is 0. The van der Waals surface area contributed by atoms with Gasteiger partial charge in [-0.15, -0.1) is 0 Å². The van der Waals surface area contributed by atoms with Gasteiger partial charge in [-0.1, -0.05) is 13.8 Å². The molecule has 3 nitrogen and oxygen atoms in total. The Balaban J connectivity index is 2.42. The molecule has 0 aromatic heterocycles. The summed E-state index contributed by atoms with van der Waals surface area (Å²) in [5.74, 6) is 0.453. The summed E-state index contributed by atoms with van der Waals surface area (Å²) in [6.07, 6.45) is 0.945. The van der Waals surface area contributed by atoms with E-state index >= 15 is 0 Å². The van der Waals surface area contributed by atoms with Gasteiger partial charge in [-0.2, -0.15) is 0 Å². The lowest BCUT2D eigenvalue weighted by Crippen LogP contribution is -2.43. The van der Waals surface area contributed by atoms with Crippen LogP contribution >= 0.6 is 0 Å². The largest absolute Gasteiger partial charge is 0.393 e. The van der Waals surface area contributed by atoms with Gasteiger partial charge in [0.05, 0.1) is 6.10 Å². The lowest BCUT2D eigenvalue weighted by Gasteiger charge is -2.33. The Kier molecular flexibility index (Phi) is 4.15. The second-order valence-electron chi connectivity index (χ2n) is 5.80. The van der Waals surface area contributed by atoms with Crippen LogP contribution in [-0.2, 0) is 0 Å². The Hall–Kier alpha value is -0.120. The number of rotatable bonds is 4. The van der Waals surface area contributed by atoms with E-state index in [9.17, 15) is 5.11 Å². The number of aliphatic hydroxyl groups is 1. The zero-order valence-electron chi connectivity index (χ0n) is 10.5. The van der Waals surface area contributed by atoms with E-state index in [1.807, 2.05) is 6.92 Å². The SMILES string of the molecule is CC(O)C1CCN(CC(C)(C)C(C)N)C1. The highest BCUT2D eigenvalue weighted by molar-refractivity contribution is 4.86. The predicted molar refractivity (Wildman–Crippen MR) is 63.7 cm³/mol. The predicted octanol–water partition coefficient (Wildman–Crippen LogP) is 1.06. The molecule has 15 heavy (non-hydrogen) atoms. The van der Waals surface area contributed by atoms with Gasteiger partial charge in [-0.25, -0.2) is 0 Å². The summed E-state index contributed by atoms with van der Waals surface area (Å²) in [6.45, 7) is 11.6. The van der Waals surface area contributed by atoms with Crippen LogP contribution in [0.4, 0.5) is 0 Å². The molecule has 0 saturated carbocycles. The zero-order valence-corrected chi connectivity index (χ0v) is 10.5. The van der Waals surface area contributed by atoms with E-state index in [2.05, 4.69) is 25.7 Å². The van der Waals surface area contributed by atoms with Gasteiger partial charge >= 0.3 is 0 Å². The van der Waals surface area contributed by atoms with Crippen LogP contribution in [0.5, 0.6) is 0 Å². The van der Waals surface area contributed by atoms with Gasteiger partial charge in [0.15, 0.2) is 0 Å². The second-order valence-corrected chi connectivity index (χ2v) is 5.80. The van der Waals surface area contributed by atoms with Crippen LogP contribution in [0.2, 0.25) is 0 Å². The van der Waals surface area contributed by atoms with Gasteiger partial charge in [-0.05, 0) is 38.1 Å². The molecule has 3 heteroatoms. The van der Waals surface area contributed by atoms with E-state index in [0.717, 1.165) is 26.1 Å². The number of hydrogen-bond donors (Lipinski definition) is 2. The first-order valence-electron chi connectivity index (χ1n) is 5.99. The monoisotopic (exact) mass is 214 g/mol. The van der Waals surface area contributed by atoms with Crippen molar-refractivity contribution in [3.05, 3.63) is 0 Å². The highest BCUT2D eigenvalue weighted by atomic mass is 16.3. The zero-order chi connectivity index (χ0) is 11.6. The molecule has 1 rings (SSSR count). The lowest BCUT2D eigenvalue weighted by atomic mass is 9.85. The van der Waals surface area contributed by atoms with Gasteiger partial charge < -0.3 is 15.7 Å². The van der Waals surface area contributed by atoms with E-state index in [-0.39, 0.29) is 17.6 Å². The van der Waals surface area contributed by atoms with Gasteiger partial charge in [0.25, 0.3) is 0 Å². The molecule has 1 fully saturated rings. The molecule has 0 aromatic carbocycles. The van der Waals surface area contributed by atoms with Crippen molar-refractivity contribution in [2.75, 3.05) is 19.6 Å². The first kappa shape index (κ1) is 12.9. The normalized spacial score (nSPS) is 28.0. The first-order valence-corrected chi connectivity index (χ1v) is 5.99. The fourth-order valence-corrected chi connectivity index (χ4v) is 2.12. The minimum Gasteiger partial charge on any atom is -0.393 e. The average Bonchev–Trinajstić information content (AvgIpc) is 2.51. The van der Waals surface area contributed by atoms with Crippen molar-refractivity contribution < 1.29 is 5.11 Å². The van der Waals surface area contributed by atoms with Crippen molar-refractivity contribution in [1.82, 2.24) is 4.90 Å². The molecule has 3 unspecified atom stereocenters. The van der Waals surface area contributed by atoms with Crippen molar-refractivity contribution in [2.45, 2.75) is 46.3 Å². The van der Waals surface area contributed by atoms with Crippen LogP contribution in [0.25, 0.3) is 0 Å². The van der Waals surface area contributed by atoms with Crippen molar-refractivity contribution >= 4 is 0 Å². The number of likely N-dealkylation sites (tertiary alicyclic amines) is 1. The van der Waals surface area contributed by atoms with Gasteiger partial charge in [0, 0.05) is 19.1 Å². The van der Waals surface area contributed by atoms with Crippen LogP contribution in [0.1, 0.15) is 34.1 Å². The fourth-order valence-electron chi connectivity index (χ4n) is 2.12. The number of nitrogens with two attached hydrogens (primary N) is 1. The third-order valence-electron chi connectivity index (χ3n) is 3.85. The smallest absolute Gasteiger partial charge is 0.0552 e. The summed E-state index contributed by atoms with van der Waals surface area (Å²) in [5.41, 5.74) is 6.13. The van der Waals surface area contributed by atoms with Gasteiger partial charge in [0.2, 0.25) is 0 Å². The van der Waals surface area contributed by atoms with Crippen molar-refractivity contribution in [2.24, 2.45) is 17.1 Å². The minimum absolute atomic E-state index is 0.160. The van der Waals surface area contributed by atoms with E-state index in [4.69, 9.17) is 5.73 Å². The topological polar surface area (TPSA) is 49.5 Å². The van der Waals surface area contributed by atoms with E-state index in [0.29, 0.717) is 5.92 Å². The molecule has 0 radical (unpaired) electrons. The molecular formula is C12H26N2O. The number of nitrogens with zero attached hydrogens (tertiary/aromatic N) is 1. The van der Waals surface area contributed by atoms with Crippen LogP contribution in [-0.4, -0.2) is 41.8 Å². The van der Waals surface area contributed by atoms with E-state index in [1.165, 1.54) is 0 Å².